The van der Waals surface area contributed by atoms with Crippen LogP contribution in [0.25, 0.3) is 5.78 Å². The summed E-state index contributed by atoms with van der Waals surface area (Å²) in [6.07, 6.45) is 0. The lowest BCUT2D eigenvalue weighted by atomic mass is 10.0. The zero-order chi connectivity index (χ0) is 36.7. The number of hydrogen-bond donors (Lipinski definition) is 7. The molecule has 23 heteroatoms. The Labute approximate surface area is 296 Å². The van der Waals surface area contributed by atoms with Crippen molar-refractivity contribution in [2.45, 2.75) is 30.0 Å². The van der Waals surface area contributed by atoms with E-state index in [0.29, 0.717) is 16.3 Å². The fraction of sp³-hybridized carbons (Fsp3) is 0.214. The first-order valence-electron chi connectivity index (χ1n) is 14.2. The number of carboxylic acid groups (broad SMARTS) is 3. The van der Waals surface area contributed by atoms with Crippen molar-refractivity contribution in [1.82, 2.24) is 34.8 Å². The number of aliphatic carboxylic acids is 1. The van der Waals surface area contributed by atoms with Gasteiger partial charge < -0.3 is 41.4 Å². The van der Waals surface area contributed by atoms with Gasteiger partial charge in [0.2, 0.25) is 0 Å². The number of hydrogen-bond acceptors (Lipinski definition) is 17. The number of aromatic carboxylic acids is 2. The number of carbonyl (C=O) groups is 5. The Hall–Kier alpha value is -5.94. The van der Waals surface area contributed by atoms with Crippen LogP contribution in [0.4, 0.5) is 5.13 Å². The lowest BCUT2D eigenvalue weighted by molar-refractivity contribution is -0.150. The molecule has 2 aliphatic heterocycles. The molecular weight excluding hydrogens is 735 g/mol. The number of oxime groups is 1. The minimum atomic E-state index is -1.56. The topological polar surface area (TPSA) is 305 Å². The van der Waals surface area contributed by atoms with Crippen molar-refractivity contribution < 1.29 is 54.3 Å². The van der Waals surface area contributed by atoms with Crippen LogP contribution in [0.15, 0.2) is 45.0 Å². The first-order chi connectivity index (χ1) is 24.2. The number of rotatable bonds is 12. The monoisotopic (exact) mass is 757 g/mol. The number of carboxylic acids is 3. The normalized spacial score (nSPS) is 17.2. The van der Waals surface area contributed by atoms with Gasteiger partial charge in [0.05, 0.1) is 0 Å². The standard InChI is InChI=1S/C28H23N9O11S3/c1-9-4-14(37-28(30-9)33-20(34-37)26(46)47)49-6-11-7-50-23-17(22(41)36(23)18(11)25(44)45)32-21(40)16(12-8-51-27(29)31-12)35-48-5-10-2-3-13(38)19(39)15(10)24(42)43/h2-4,8,17,23,38-39H,5-7H2,1H3,(H2,29,31)(H,32,40)(H,42,43)(H,44,45)(H,46,47)/b35-16-/t17-,23-/m1/s1. The van der Waals surface area contributed by atoms with Crippen LogP contribution in [0.5, 0.6) is 11.5 Å². The van der Waals surface area contributed by atoms with Crippen molar-refractivity contribution in [3.05, 3.63) is 63.2 Å². The van der Waals surface area contributed by atoms with Crippen molar-refractivity contribution >= 4 is 81.2 Å². The summed E-state index contributed by atoms with van der Waals surface area (Å²) >= 11 is 3.34. The van der Waals surface area contributed by atoms with Gasteiger partial charge in [0.25, 0.3) is 23.4 Å². The van der Waals surface area contributed by atoms with Gasteiger partial charge in [-0.2, -0.15) is 9.50 Å². The Balaban J connectivity index is 1.19. The zero-order valence-corrected chi connectivity index (χ0v) is 28.2. The molecule has 0 spiro atoms. The number of nitrogens with zero attached hydrogens (tertiary/aromatic N) is 7. The summed E-state index contributed by atoms with van der Waals surface area (Å²) in [5.74, 6) is -7.62. The number of thioether (sulfide) groups is 2. The lowest BCUT2D eigenvalue weighted by Crippen LogP contribution is -2.71. The number of aryl methyl sites for hydroxylation is 1. The third kappa shape index (κ3) is 6.68. The predicted octanol–water partition coefficient (Wildman–Crippen LogP) is 0.731. The Morgan fingerprint density at radius 1 is 1.12 bits per heavy atom. The summed E-state index contributed by atoms with van der Waals surface area (Å²) in [5.41, 5.74) is 5.20. The van der Waals surface area contributed by atoms with Gasteiger partial charge in [-0.25, -0.2) is 24.4 Å². The highest BCUT2D eigenvalue weighted by Gasteiger charge is 2.54. The van der Waals surface area contributed by atoms with Crippen LogP contribution in [0.3, 0.4) is 0 Å². The molecule has 1 saturated heterocycles. The third-order valence-electron chi connectivity index (χ3n) is 7.34. The molecule has 2 amide bonds. The molecule has 2 aliphatic rings. The maximum atomic E-state index is 13.5. The second kappa shape index (κ2) is 13.8. The molecule has 0 unspecified atom stereocenters. The van der Waals surface area contributed by atoms with Crippen LogP contribution in [0, 0.1) is 6.92 Å². The Morgan fingerprint density at radius 3 is 2.55 bits per heavy atom. The second-order valence-electron chi connectivity index (χ2n) is 10.7. The second-order valence-corrected chi connectivity index (χ2v) is 13.6. The van der Waals surface area contributed by atoms with E-state index in [1.165, 1.54) is 27.7 Å². The highest BCUT2D eigenvalue weighted by molar-refractivity contribution is 8.01. The van der Waals surface area contributed by atoms with Crippen LogP contribution in [-0.2, 0) is 25.8 Å². The molecule has 1 fully saturated rings. The van der Waals surface area contributed by atoms with Crippen molar-refractivity contribution in [2.75, 3.05) is 17.2 Å². The first kappa shape index (κ1) is 34.9. The number of nitrogens with two attached hydrogens (primary N) is 1. The maximum Gasteiger partial charge on any atom is 0.375 e. The number of β-lactam (4-membered cyclic amide) rings is 1. The van der Waals surface area contributed by atoms with Crippen LogP contribution in [-0.4, -0.2) is 113 Å². The van der Waals surface area contributed by atoms with Crippen molar-refractivity contribution in [3.63, 3.8) is 0 Å². The fourth-order valence-electron chi connectivity index (χ4n) is 5.06. The average molecular weight is 758 g/mol. The van der Waals surface area contributed by atoms with E-state index in [1.807, 2.05) is 0 Å². The molecule has 51 heavy (non-hydrogen) atoms. The van der Waals surface area contributed by atoms with E-state index < -0.39 is 76.3 Å². The molecule has 5 heterocycles. The number of phenols is 2. The molecule has 0 radical (unpaired) electrons. The maximum absolute atomic E-state index is 13.5. The summed E-state index contributed by atoms with van der Waals surface area (Å²) < 4.78 is 1.24. The molecule has 4 aromatic rings. The summed E-state index contributed by atoms with van der Waals surface area (Å²) in [7, 11) is 0. The predicted molar refractivity (Wildman–Crippen MR) is 177 cm³/mol. The van der Waals surface area contributed by atoms with Crippen molar-refractivity contribution in [2.24, 2.45) is 5.16 Å². The molecule has 264 valence electrons. The zero-order valence-electron chi connectivity index (χ0n) is 25.7. The number of carbonyl (C=O) groups excluding carboxylic acids is 2. The van der Waals surface area contributed by atoms with Gasteiger partial charge in [0.1, 0.15) is 40.0 Å². The quantitative estimate of drug-likeness (QED) is 0.0262. The SMILES string of the molecule is Cc1cc(SCC2=C(C(=O)O)N3C(=O)[C@@H](NC(=O)/C(=N\OCc4ccc(O)c(O)c4C(=O)O)c4csc(N)n4)[C@H]3SC2)n2nc(C(=O)O)nc2n1. The highest BCUT2D eigenvalue weighted by Crippen LogP contribution is 2.42. The van der Waals surface area contributed by atoms with Crippen LogP contribution in [0.1, 0.15) is 37.9 Å². The highest BCUT2D eigenvalue weighted by atomic mass is 32.2. The summed E-state index contributed by atoms with van der Waals surface area (Å²) in [6.45, 7) is 1.12. The number of fused-ring (bicyclic) bond motifs is 2. The van der Waals surface area contributed by atoms with Gasteiger partial charge >= 0.3 is 17.9 Å². The van der Waals surface area contributed by atoms with E-state index in [0.717, 1.165) is 34.1 Å². The van der Waals surface area contributed by atoms with Crippen molar-refractivity contribution in [1.29, 1.82) is 0 Å². The number of anilines is 1. The first-order valence-corrected chi connectivity index (χ1v) is 17.2. The Kier molecular flexibility index (Phi) is 9.42. The van der Waals surface area contributed by atoms with E-state index in [1.54, 1.807) is 13.0 Å². The molecule has 8 N–H and O–H groups in total. The molecule has 0 aliphatic carbocycles. The number of thiazole rings is 1. The Morgan fingerprint density at radius 2 is 1.88 bits per heavy atom. The average Bonchev–Trinajstić information content (AvgIpc) is 3.71. The van der Waals surface area contributed by atoms with E-state index in [9.17, 15) is 49.5 Å². The molecule has 2 atom stereocenters. The van der Waals surface area contributed by atoms with E-state index in [4.69, 9.17) is 10.6 Å². The smallest absolute Gasteiger partial charge is 0.375 e. The number of phenolic OH excluding ortho intramolecular Hbond substituents is 1. The Bertz CT molecular complexity index is 2220. The summed E-state index contributed by atoms with van der Waals surface area (Å²) in [6, 6.07) is 2.69. The van der Waals surface area contributed by atoms with Crippen LogP contribution in [0.2, 0.25) is 0 Å². The number of aromatic nitrogens is 5. The van der Waals surface area contributed by atoms with Crippen molar-refractivity contribution in [3.8, 4) is 11.5 Å². The number of benzene rings is 1. The molecule has 3 aromatic heterocycles. The minimum absolute atomic E-state index is 0.0318. The van der Waals surface area contributed by atoms with Gasteiger partial charge in [0, 0.05) is 28.1 Å². The molecule has 0 saturated carbocycles. The molecular formula is C28H23N9O11S3. The van der Waals surface area contributed by atoms with Gasteiger partial charge in [-0.1, -0.05) is 11.2 Å². The van der Waals surface area contributed by atoms with Crippen LogP contribution < -0.4 is 11.1 Å². The minimum Gasteiger partial charge on any atom is -0.504 e. The molecule has 20 nitrogen and oxygen atoms in total. The van der Waals surface area contributed by atoms with Gasteiger partial charge in [-0.3, -0.25) is 14.5 Å². The van der Waals surface area contributed by atoms with Crippen LogP contribution >= 0.6 is 34.9 Å². The number of nitrogens with one attached hydrogen (secondary N) is 1. The number of nitrogen functional groups attached to an aromatic ring is 1. The lowest BCUT2D eigenvalue weighted by Gasteiger charge is -2.49. The summed E-state index contributed by atoms with van der Waals surface area (Å²) in [4.78, 5) is 80.8. The van der Waals surface area contributed by atoms with Gasteiger partial charge in [0.15, 0.2) is 22.3 Å². The number of aromatic hydroxyl groups is 2. The summed E-state index contributed by atoms with van der Waals surface area (Å²) in [5, 5.41) is 60.0. The number of amides is 2. The van der Waals surface area contributed by atoms with Gasteiger partial charge in [-0.15, -0.1) is 40.0 Å². The van der Waals surface area contributed by atoms with Gasteiger partial charge in [-0.05, 0) is 24.6 Å². The van der Waals surface area contributed by atoms with E-state index in [-0.39, 0.29) is 39.4 Å². The molecule has 0 bridgehead atoms. The van der Waals surface area contributed by atoms with E-state index >= 15 is 0 Å². The molecule has 1 aromatic carbocycles. The largest absolute Gasteiger partial charge is 0.504 e. The van der Waals surface area contributed by atoms with E-state index in [2.05, 4.69) is 30.5 Å². The third-order valence-corrected chi connectivity index (χ3v) is 10.4. The fourth-order valence-corrected chi connectivity index (χ4v) is 8.14. The molecule has 6 rings (SSSR count).